The lowest BCUT2D eigenvalue weighted by Gasteiger charge is -2.47. The molecule has 2 saturated heterocycles. The number of allylic oxidation sites excluding steroid dienone is 1. The summed E-state index contributed by atoms with van der Waals surface area (Å²) in [5.41, 5.74) is 0.868. The third-order valence-electron chi connectivity index (χ3n) is 6.07. The molecular formula is C18H31BO3. The summed E-state index contributed by atoms with van der Waals surface area (Å²) in [4.78, 5) is 0. The highest BCUT2D eigenvalue weighted by Crippen LogP contribution is 2.46. The molecule has 0 aromatic carbocycles. The predicted molar refractivity (Wildman–Crippen MR) is 89.8 cm³/mol. The maximum atomic E-state index is 6.47. The third kappa shape index (κ3) is 2.90. The van der Waals surface area contributed by atoms with Gasteiger partial charge in [0.2, 0.25) is 0 Å². The fourth-order valence-corrected chi connectivity index (χ4v) is 3.95. The van der Waals surface area contributed by atoms with Crippen LogP contribution in [-0.4, -0.2) is 29.5 Å². The summed E-state index contributed by atoms with van der Waals surface area (Å²) < 4.78 is 18.8. The molecule has 2 fully saturated rings. The molecule has 1 atom stereocenters. The smallest absolute Gasteiger partial charge is 0.400 e. The van der Waals surface area contributed by atoms with E-state index in [4.69, 9.17) is 14.0 Å². The van der Waals surface area contributed by atoms with Crippen LogP contribution in [0, 0.1) is 0 Å². The lowest BCUT2D eigenvalue weighted by molar-refractivity contribution is -0.177. The Morgan fingerprint density at radius 3 is 2.05 bits per heavy atom. The first-order chi connectivity index (χ1) is 10.0. The molecule has 2 heterocycles. The van der Waals surface area contributed by atoms with Gasteiger partial charge in [0.1, 0.15) is 0 Å². The number of hydrogen-bond acceptors (Lipinski definition) is 3. The molecule has 2 aliphatic heterocycles. The van der Waals surface area contributed by atoms with Gasteiger partial charge in [0.05, 0.1) is 22.4 Å². The van der Waals surface area contributed by atoms with E-state index < -0.39 is 0 Å². The second-order valence-corrected chi connectivity index (χ2v) is 8.97. The molecule has 3 nitrogen and oxygen atoms in total. The van der Waals surface area contributed by atoms with Gasteiger partial charge in [0, 0.05) is 0 Å². The van der Waals surface area contributed by atoms with E-state index in [1.807, 2.05) is 0 Å². The van der Waals surface area contributed by atoms with Crippen molar-refractivity contribution < 1.29 is 14.0 Å². The Morgan fingerprint density at radius 2 is 1.55 bits per heavy atom. The Bertz CT molecular complexity index is 465. The number of rotatable bonds is 1. The first kappa shape index (κ1) is 16.5. The van der Waals surface area contributed by atoms with Crippen molar-refractivity contribution in [2.24, 2.45) is 0 Å². The highest BCUT2D eigenvalue weighted by atomic mass is 16.7. The third-order valence-corrected chi connectivity index (χ3v) is 6.07. The average Bonchev–Trinajstić information content (AvgIpc) is 2.57. The van der Waals surface area contributed by atoms with Crippen LogP contribution in [0.4, 0.5) is 0 Å². The Hall–Kier alpha value is -0.315. The standard InChI is InChI=1S/C18H31BO3/c1-15(2)10-7-11-18(20-15)12-8-14(9-13-18)19-21-16(3,4)17(5,6)22-19/h8H,7,9-13H2,1-6H3. The monoisotopic (exact) mass is 306 g/mol. The fourth-order valence-electron chi connectivity index (χ4n) is 3.95. The lowest BCUT2D eigenvalue weighted by atomic mass is 9.67. The topological polar surface area (TPSA) is 27.7 Å². The highest BCUT2D eigenvalue weighted by molar-refractivity contribution is 6.54. The molecule has 0 aromatic rings. The van der Waals surface area contributed by atoms with Gasteiger partial charge in [-0.25, -0.2) is 0 Å². The summed E-state index contributed by atoms with van der Waals surface area (Å²) in [5.74, 6) is 0. The van der Waals surface area contributed by atoms with Gasteiger partial charge in [-0.1, -0.05) is 6.08 Å². The van der Waals surface area contributed by atoms with E-state index in [9.17, 15) is 0 Å². The average molecular weight is 306 g/mol. The molecule has 1 aliphatic carbocycles. The van der Waals surface area contributed by atoms with Crippen LogP contribution in [0.25, 0.3) is 0 Å². The Morgan fingerprint density at radius 1 is 0.909 bits per heavy atom. The van der Waals surface area contributed by atoms with E-state index >= 15 is 0 Å². The van der Waals surface area contributed by atoms with Crippen molar-refractivity contribution in [1.82, 2.24) is 0 Å². The molecule has 3 rings (SSSR count). The normalized spacial score (nSPS) is 36.5. The van der Waals surface area contributed by atoms with Crippen molar-refractivity contribution in [2.45, 2.75) is 102 Å². The summed E-state index contributed by atoms with van der Waals surface area (Å²) in [6.45, 7) is 12.9. The molecule has 0 saturated carbocycles. The first-order valence-electron chi connectivity index (χ1n) is 8.79. The summed E-state index contributed by atoms with van der Waals surface area (Å²) in [6.07, 6.45) is 9.06. The van der Waals surface area contributed by atoms with Crippen molar-refractivity contribution in [3.05, 3.63) is 11.5 Å². The van der Waals surface area contributed by atoms with Crippen LogP contribution in [0.15, 0.2) is 11.5 Å². The molecule has 4 heteroatoms. The number of ether oxygens (including phenoxy) is 1. The minimum atomic E-state index is -0.253. The van der Waals surface area contributed by atoms with Crippen LogP contribution in [-0.2, 0) is 14.0 Å². The second-order valence-electron chi connectivity index (χ2n) is 8.97. The molecule has 22 heavy (non-hydrogen) atoms. The van der Waals surface area contributed by atoms with Crippen LogP contribution in [0.1, 0.15) is 80.1 Å². The Kier molecular flexibility index (Phi) is 3.83. The van der Waals surface area contributed by atoms with Crippen LogP contribution >= 0.6 is 0 Å². The van der Waals surface area contributed by atoms with Crippen LogP contribution in [0.5, 0.6) is 0 Å². The van der Waals surface area contributed by atoms with E-state index in [-0.39, 0.29) is 29.5 Å². The van der Waals surface area contributed by atoms with Crippen molar-refractivity contribution in [2.75, 3.05) is 0 Å². The maximum Gasteiger partial charge on any atom is 0.490 e. The van der Waals surface area contributed by atoms with E-state index in [2.05, 4.69) is 47.6 Å². The molecule has 124 valence electrons. The lowest BCUT2D eigenvalue weighted by Crippen LogP contribution is -2.46. The largest absolute Gasteiger partial charge is 0.490 e. The molecule has 0 bridgehead atoms. The van der Waals surface area contributed by atoms with Gasteiger partial charge in [-0.3, -0.25) is 0 Å². The Balaban J connectivity index is 1.70. The van der Waals surface area contributed by atoms with Crippen molar-refractivity contribution in [3.63, 3.8) is 0 Å². The molecular weight excluding hydrogens is 275 g/mol. The quantitative estimate of drug-likeness (QED) is 0.670. The maximum absolute atomic E-state index is 6.47. The van der Waals surface area contributed by atoms with E-state index in [0.717, 1.165) is 19.3 Å². The second kappa shape index (κ2) is 5.09. The molecule has 0 radical (unpaired) electrons. The van der Waals surface area contributed by atoms with Gasteiger partial charge in [-0.05, 0) is 85.5 Å². The van der Waals surface area contributed by atoms with E-state index in [1.165, 1.54) is 24.7 Å². The van der Waals surface area contributed by atoms with Gasteiger partial charge in [-0.15, -0.1) is 0 Å². The van der Waals surface area contributed by atoms with Crippen molar-refractivity contribution in [3.8, 4) is 0 Å². The molecule has 0 amide bonds. The fraction of sp³-hybridized carbons (Fsp3) is 0.889. The summed E-state index contributed by atoms with van der Waals surface area (Å²) in [6, 6.07) is 0. The van der Waals surface area contributed by atoms with Gasteiger partial charge in [0.25, 0.3) is 0 Å². The molecule has 1 spiro atoms. The molecule has 0 N–H and O–H groups in total. The number of hydrogen-bond donors (Lipinski definition) is 0. The van der Waals surface area contributed by atoms with Crippen molar-refractivity contribution in [1.29, 1.82) is 0 Å². The molecule has 3 aliphatic rings. The van der Waals surface area contributed by atoms with Crippen molar-refractivity contribution >= 4 is 7.12 Å². The summed E-state index contributed by atoms with van der Waals surface area (Å²) in [5, 5.41) is 0. The van der Waals surface area contributed by atoms with Gasteiger partial charge < -0.3 is 14.0 Å². The predicted octanol–water partition coefficient (Wildman–Crippen LogP) is 4.45. The van der Waals surface area contributed by atoms with E-state index in [1.54, 1.807) is 0 Å². The first-order valence-corrected chi connectivity index (χ1v) is 8.79. The molecule has 0 aromatic heterocycles. The zero-order chi connectivity index (χ0) is 16.2. The van der Waals surface area contributed by atoms with Gasteiger partial charge in [0.15, 0.2) is 0 Å². The SMILES string of the molecule is CC1(C)CCCC2(CC=C(B3OC(C)(C)C(C)(C)O3)CC2)O1. The zero-order valence-electron chi connectivity index (χ0n) is 15.1. The highest BCUT2D eigenvalue weighted by Gasteiger charge is 2.53. The van der Waals surface area contributed by atoms with Crippen LogP contribution in [0.3, 0.4) is 0 Å². The minimum absolute atomic E-state index is 0.0218. The summed E-state index contributed by atoms with van der Waals surface area (Å²) >= 11 is 0. The Labute approximate surface area is 135 Å². The summed E-state index contributed by atoms with van der Waals surface area (Å²) in [7, 11) is -0.182. The van der Waals surface area contributed by atoms with Gasteiger partial charge >= 0.3 is 7.12 Å². The van der Waals surface area contributed by atoms with Crippen LogP contribution in [0.2, 0.25) is 0 Å². The minimum Gasteiger partial charge on any atom is -0.400 e. The molecule has 1 unspecified atom stereocenters. The van der Waals surface area contributed by atoms with E-state index in [0.29, 0.717) is 0 Å². The van der Waals surface area contributed by atoms with Crippen LogP contribution < -0.4 is 0 Å². The van der Waals surface area contributed by atoms with Gasteiger partial charge in [-0.2, -0.15) is 0 Å². The zero-order valence-corrected chi connectivity index (χ0v) is 15.1.